The minimum Gasteiger partial charge on any atom is -0.393 e. The minimum atomic E-state index is -0.148. The molecule has 3 aromatic rings. The molecule has 0 radical (unpaired) electrons. The second-order valence-electron chi connectivity index (χ2n) is 7.75. The molecule has 0 atom stereocenters. The molecule has 3 heterocycles. The monoisotopic (exact) mass is 405 g/mol. The van der Waals surface area contributed by atoms with E-state index in [1.807, 2.05) is 25.1 Å². The zero-order chi connectivity index (χ0) is 20.9. The Bertz CT molecular complexity index is 977. The summed E-state index contributed by atoms with van der Waals surface area (Å²) in [4.78, 5) is 19.3. The molecule has 2 aromatic heterocycles. The topological polar surface area (TPSA) is 83.3 Å². The van der Waals surface area contributed by atoms with Crippen molar-refractivity contribution >= 4 is 5.91 Å². The number of likely N-dealkylation sites (tertiary alicyclic amines) is 1. The van der Waals surface area contributed by atoms with Gasteiger partial charge in [-0.3, -0.25) is 9.69 Å². The standard InChI is InChI=1S/C23H27N5O2/c1-17-21(15-26-28(17)22-4-2-3-11-24-22)23(30)25-14-18-5-7-19(8-6-18)16-27-12-9-20(29)10-13-27/h2-8,11,15,20,29H,9-10,12-14,16H2,1H3,(H,25,30). The van der Waals surface area contributed by atoms with Crippen LogP contribution in [0.4, 0.5) is 0 Å². The maximum absolute atomic E-state index is 12.6. The molecule has 7 nitrogen and oxygen atoms in total. The van der Waals surface area contributed by atoms with Crippen molar-refractivity contribution in [1.29, 1.82) is 0 Å². The first-order chi connectivity index (χ1) is 14.6. The quantitative estimate of drug-likeness (QED) is 0.658. The van der Waals surface area contributed by atoms with Crippen LogP contribution in [0, 0.1) is 6.92 Å². The van der Waals surface area contributed by atoms with E-state index in [-0.39, 0.29) is 12.0 Å². The molecule has 30 heavy (non-hydrogen) atoms. The van der Waals surface area contributed by atoms with Gasteiger partial charge in [-0.1, -0.05) is 30.3 Å². The van der Waals surface area contributed by atoms with Crippen molar-refractivity contribution in [3.8, 4) is 5.82 Å². The summed E-state index contributed by atoms with van der Waals surface area (Å²) in [6.45, 7) is 5.09. The van der Waals surface area contributed by atoms with Crippen LogP contribution in [0.15, 0.2) is 54.9 Å². The SMILES string of the molecule is Cc1c(C(=O)NCc2ccc(CN3CCC(O)CC3)cc2)cnn1-c1ccccn1. The molecule has 1 fully saturated rings. The summed E-state index contributed by atoms with van der Waals surface area (Å²) < 4.78 is 1.67. The highest BCUT2D eigenvalue weighted by atomic mass is 16.3. The van der Waals surface area contributed by atoms with Gasteiger partial charge < -0.3 is 10.4 Å². The van der Waals surface area contributed by atoms with Gasteiger partial charge in [-0.25, -0.2) is 9.67 Å². The van der Waals surface area contributed by atoms with Gasteiger partial charge in [0.15, 0.2) is 5.82 Å². The summed E-state index contributed by atoms with van der Waals surface area (Å²) in [7, 11) is 0. The number of aliphatic hydroxyl groups excluding tert-OH is 1. The Labute approximate surface area is 176 Å². The number of nitrogens with one attached hydrogen (secondary N) is 1. The Morgan fingerprint density at radius 3 is 2.57 bits per heavy atom. The van der Waals surface area contributed by atoms with Crippen LogP contribution in [0.2, 0.25) is 0 Å². The van der Waals surface area contributed by atoms with Crippen molar-refractivity contribution in [2.75, 3.05) is 13.1 Å². The summed E-state index contributed by atoms with van der Waals surface area (Å²) in [5, 5.41) is 16.9. The van der Waals surface area contributed by atoms with Crippen molar-refractivity contribution in [2.45, 2.75) is 39.0 Å². The van der Waals surface area contributed by atoms with E-state index < -0.39 is 0 Å². The van der Waals surface area contributed by atoms with Crippen LogP contribution in [-0.2, 0) is 13.1 Å². The summed E-state index contributed by atoms with van der Waals surface area (Å²) >= 11 is 0. The van der Waals surface area contributed by atoms with E-state index in [4.69, 9.17) is 0 Å². The van der Waals surface area contributed by atoms with E-state index in [1.165, 1.54) is 5.56 Å². The minimum absolute atomic E-state index is 0.146. The summed E-state index contributed by atoms with van der Waals surface area (Å²) in [5.41, 5.74) is 3.60. The molecule has 0 spiro atoms. The van der Waals surface area contributed by atoms with Gasteiger partial charge in [-0.15, -0.1) is 0 Å². The van der Waals surface area contributed by atoms with E-state index in [0.29, 0.717) is 17.9 Å². The van der Waals surface area contributed by atoms with Crippen LogP contribution in [-0.4, -0.2) is 49.9 Å². The Hall–Kier alpha value is -3.03. The van der Waals surface area contributed by atoms with Gasteiger partial charge in [0, 0.05) is 32.4 Å². The highest BCUT2D eigenvalue weighted by molar-refractivity contribution is 5.95. The third-order valence-corrected chi connectivity index (χ3v) is 5.56. The van der Waals surface area contributed by atoms with Crippen molar-refractivity contribution in [3.05, 3.63) is 77.2 Å². The lowest BCUT2D eigenvalue weighted by atomic mass is 10.1. The molecule has 2 N–H and O–H groups in total. The summed E-state index contributed by atoms with van der Waals surface area (Å²) in [6, 6.07) is 13.9. The molecular formula is C23H27N5O2. The maximum Gasteiger partial charge on any atom is 0.255 e. The number of aromatic nitrogens is 3. The van der Waals surface area contributed by atoms with Gasteiger partial charge in [0.25, 0.3) is 5.91 Å². The number of aliphatic hydroxyl groups is 1. The van der Waals surface area contributed by atoms with Crippen LogP contribution < -0.4 is 5.32 Å². The van der Waals surface area contributed by atoms with Crippen LogP contribution in [0.25, 0.3) is 5.82 Å². The normalized spacial score (nSPS) is 15.3. The second kappa shape index (κ2) is 9.19. The predicted molar refractivity (Wildman–Crippen MR) is 114 cm³/mol. The lowest BCUT2D eigenvalue weighted by Gasteiger charge is -2.29. The molecule has 7 heteroatoms. The fraction of sp³-hybridized carbons (Fsp3) is 0.348. The Kier molecular flexibility index (Phi) is 6.21. The van der Waals surface area contributed by atoms with Gasteiger partial charge >= 0.3 is 0 Å². The molecule has 1 aromatic carbocycles. The van der Waals surface area contributed by atoms with Crippen LogP contribution in [0.1, 0.15) is 40.0 Å². The number of pyridine rings is 1. The number of benzene rings is 1. The third kappa shape index (κ3) is 4.75. The first kappa shape index (κ1) is 20.3. The van der Waals surface area contributed by atoms with Crippen molar-refractivity contribution in [1.82, 2.24) is 25.0 Å². The fourth-order valence-corrected chi connectivity index (χ4v) is 3.72. The number of carbonyl (C=O) groups is 1. The van der Waals surface area contributed by atoms with E-state index in [2.05, 4.69) is 44.6 Å². The van der Waals surface area contributed by atoms with E-state index in [0.717, 1.165) is 43.7 Å². The molecular weight excluding hydrogens is 378 g/mol. The average molecular weight is 406 g/mol. The van der Waals surface area contributed by atoms with Gasteiger partial charge in [0.1, 0.15) is 0 Å². The van der Waals surface area contributed by atoms with Crippen molar-refractivity contribution < 1.29 is 9.90 Å². The smallest absolute Gasteiger partial charge is 0.255 e. The second-order valence-corrected chi connectivity index (χ2v) is 7.75. The molecule has 0 unspecified atom stereocenters. The Morgan fingerprint density at radius 2 is 1.87 bits per heavy atom. The lowest BCUT2D eigenvalue weighted by Crippen LogP contribution is -2.35. The largest absolute Gasteiger partial charge is 0.393 e. The molecule has 1 aliphatic rings. The fourth-order valence-electron chi connectivity index (χ4n) is 3.72. The highest BCUT2D eigenvalue weighted by Gasteiger charge is 2.17. The molecule has 1 aliphatic heterocycles. The van der Waals surface area contributed by atoms with Crippen molar-refractivity contribution in [3.63, 3.8) is 0 Å². The predicted octanol–water partition coefficient (Wildman–Crippen LogP) is 2.46. The molecule has 1 amide bonds. The number of carbonyl (C=O) groups excluding carboxylic acids is 1. The molecule has 0 aliphatic carbocycles. The molecule has 4 rings (SSSR count). The third-order valence-electron chi connectivity index (χ3n) is 5.56. The number of piperidine rings is 1. The Balaban J connectivity index is 1.32. The maximum atomic E-state index is 12.6. The van der Waals surface area contributed by atoms with E-state index in [1.54, 1.807) is 17.1 Å². The zero-order valence-corrected chi connectivity index (χ0v) is 17.2. The average Bonchev–Trinajstić information content (AvgIpc) is 3.16. The summed E-state index contributed by atoms with van der Waals surface area (Å²) in [6.07, 6.45) is 4.83. The molecule has 156 valence electrons. The number of rotatable bonds is 6. The van der Waals surface area contributed by atoms with Gasteiger partial charge in [0.2, 0.25) is 0 Å². The highest BCUT2D eigenvalue weighted by Crippen LogP contribution is 2.15. The first-order valence-corrected chi connectivity index (χ1v) is 10.3. The van der Waals surface area contributed by atoms with Gasteiger partial charge in [-0.05, 0) is 43.0 Å². The first-order valence-electron chi connectivity index (χ1n) is 10.3. The number of hydrogen-bond acceptors (Lipinski definition) is 5. The van der Waals surface area contributed by atoms with E-state index in [9.17, 15) is 9.90 Å². The van der Waals surface area contributed by atoms with Crippen molar-refractivity contribution in [2.24, 2.45) is 0 Å². The number of hydrogen-bond donors (Lipinski definition) is 2. The van der Waals surface area contributed by atoms with Crippen LogP contribution in [0.3, 0.4) is 0 Å². The van der Waals surface area contributed by atoms with Crippen LogP contribution in [0.5, 0.6) is 0 Å². The number of amides is 1. The molecule has 0 saturated carbocycles. The van der Waals surface area contributed by atoms with Crippen LogP contribution >= 0.6 is 0 Å². The summed E-state index contributed by atoms with van der Waals surface area (Å²) in [5.74, 6) is 0.540. The van der Waals surface area contributed by atoms with E-state index >= 15 is 0 Å². The zero-order valence-electron chi connectivity index (χ0n) is 17.2. The Morgan fingerprint density at radius 1 is 1.13 bits per heavy atom. The molecule has 0 bridgehead atoms. The van der Waals surface area contributed by atoms with Gasteiger partial charge in [0.05, 0.1) is 23.6 Å². The molecule has 1 saturated heterocycles. The van der Waals surface area contributed by atoms with Gasteiger partial charge in [-0.2, -0.15) is 5.10 Å². The lowest BCUT2D eigenvalue weighted by molar-refractivity contribution is 0.0792. The number of nitrogens with zero attached hydrogens (tertiary/aromatic N) is 4.